The number of ether oxygens (including phenoxy) is 1. The maximum absolute atomic E-state index is 12.4. The summed E-state index contributed by atoms with van der Waals surface area (Å²) in [4.78, 5) is 17.0. The van der Waals surface area contributed by atoms with Gasteiger partial charge in [0.15, 0.2) is 5.13 Å². The predicted octanol–water partition coefficient (Wildman–Crippen LogP) is 3.60. The minimum Gasteiger partial charge on any atom is -0.493 e. The molecule has 0 radical (unpaired) electrons. The number of thiazole rings is 1. The number of nitrogens with two attached hydrogens (primary N) is 1. The predicted molar refractivity (Wildman–Crippen MR) is 106 cm³/mol. The fraction of sp³-hybridized carbons (Fsp3) is 0.211. The molecule has 0 aliphatic heterocycles. The van der Waals surface area contributed by atoms with Crippen LogP contribution in [0.4, 0.5) is 5.13 Å². The van der Waals surface area contributed by atoms with Crippen LogP contribution < -0.4 is 15.9 Å². The standard InChI is InChI=1S/C19H20N4O2S/c1-3-15-17(26-19(20)22-15)18(24)23-21-11-14-13-8-6-5-7-12(13)9-10-16(14)25-4-2/h5-11H,3-4H2,1-2H3,(H2,20,22)(H,23,24). The van der Waals surface area contributed by atoms with Crippen molar-refractivity contribution < 1.29 is 9.53 Å². The van der Waals surface area contributed by atoms with E-state index >= 15 is 0 Å². The van der Waals surface area contributed by atoms with Crippen molar-refractivity contribution in [3.05, 3.63) is 52.5 Å². The zero-order valence-electron chi connectivity index (χ0n) is 14.7. The fourth-order valence-electron chi connectivity index (χ4n) is 2.68. The largest absolute Gasteiger partial charge is 0.493 e. The van der Waals surface area contributed by atoms with Gasteiger partial charge in [-0.05, 0) is 30.2 Å². The van der Waals surface area contributed by atoms with E-state index in [9.17, 15) is 4.79 Å². The van der Waals surface area contributed by atoms with Gasteiger partial charge in [-0.2, -0.15) is 5.10 Å². The molecule has 7 heteroatoms. The van der Waals surface area contributed by atoms with Gasteiger partial charge in [0.25, 0.3) is 5.91 Å². The van der Waals surface area contributed by atoms with Gasteiger partial charge in [-0.15, -0.1) is 0 Å². The number of nitrogens with one attached hydrogen (secondary N) is 1. The average Bonchev–Trinajstić information content (AvgIpc) is 3.04. The second-order valence-corrected chi connectivity index (χ2v) is 6.54. The van der Waals surface area contributed by atoms with E-state index in [0.717, 1.165) is 33.4 Å². The maximum Gasteiger partial charge on any atom is 0.283 e. The molecule has 0 saturated heterocycles. The topological polar surface area (TPSA) is 89.6 Å². The third-order valence-electron chi connectivity index (χ3n) is 3.85. The molecule has 0 atom stereocenters. The number of hydrazone groups is 1. The van der Waals surface area contributed by atoms with Gasteiger partial charge in [-0.1, -0.05) is 48.6 Å². The third kappa shape index (κ3) is 3.67. The summed E-state index contributed by atoms with van der Waals surface area (Å²) < 4.78 is 5.70. The highest BCUT2D eigenvalue weighted by Gasteiger charge is 2.15. The highest BCUT2D eigenvalue weighted by molar-refractivity contribution is 7.17. The first-order valence-electron chi connectivity index (χ1n) is 8.37. The lowest BCUT2D eigenvalue weighted by molar-refractivity contribution is 0.0958. The lowest BCUT2D eigenvalue weighted by atomic mass is 10.0. The van der Waals surface area contributed by atoms with Crippen LogP contribution in [0, 0.1) is 0 Å². The average molecular weight is 368 g/mol. The molecule has 0 fully saturated rings. The molecule has 3 aromatic rings. The summed E-state index contributed by atoms with van der Waals surface area (Å²) in [6.07, 6.45) is 2.25. The molecule has 0 saturated carbocycles. The SMILES string of the molecule is CCOc1ccc2ccccc2c1C=NNC(=O)c1sc(N)nc1CC. The summed E-state index contributed by atoms with van der Waals surface area (Å²) in [6.45, 7) is 4.41. The van der Waals surface area contributed by atoms with Crippen LogP contribution in [0.1, 0.15) is 34.8 Å². The monoisotopic (exact) mass is 368 g/mol. The van der Waals surface area contributed by atoms with Crippen LogP contribution in [-0.2, 0) is 6.42 Å². The lowest BCUT2D eigenvalue weighted by Gasteiger charge is -2.10. The van der Waals surface area contributed by atoms with Gasteiger partial charge in [0, 0.05) is 5.56 Å². The van der Waals surface area contributed by atoms with Crippen LogP contribution in [0.15, 0.2) is 41.5 Å². The zero-order valence-corrected chi connectivity index (χ0v) is 15.5. The van der Waals surface area contributed by atoms with Crippen molar-refractivity contribution in [2.45, 2.75) is 20.3 Å². The summed E-state index contributed by atoms with van der Waals surface area (Å²) in [7, 11) is 0. The second-order valence-electron chi connectivity index (χ2n) is 5.51. The van der Waals surface area contributed by atoms with Crippen LogP contribution in [0.2, 0.25) is 0 Å². The Morgan fingerprint density at radius 1 is 1.31 bits per heavy atom. The molecule has 1 amide bonds. The van der Waals surface area contributed by atoms with E-state index in [-0.39, 0.29) is 5.91 Å². The Kier molecular flexibility index (Phi) is 5.48. The fourth-order valence-corrected chi connectivity index (χ4v) is 3.49. The van der Waals surface area contributed by atoms with Crippen molar-refractivity contribution in [2.75, 3.05) is 12.3 Å². The van der Waals surface area contributed by atoms with E-state index in [1.165, 1.54) is 0 Å². The number of aryl methyl sites for hydroxylation is 1. The smallest absolute Gasteiger partial charge is 0.283 e. The van der Waals surface area contributed by atoms with E-state index in [1.54, 1.807) is 6.21 Å². The van der Waals surface area contributed by atoms with Crippen molar-refractivity contribution >= 4 is 39.4 Å². The van der Waals surface area contributed by atoms with E-state index in [1.807, 2.05) is 50.2 Å². The first-order valence-corrected chi connectivity index (χ1v) is 9.18. The molecule has 134 valence electrons. The minimum absolute atomic E-state index is 0.314. The molecule has 26 heavy (non-hydrogen) atoms. The third-order valence-corrected chi connectivity index (χ3v) is 4.77. The van der Waals surface area contributed by atoms with E-state index in [2.05, 4.69) is 15.5 Å². The molecule has 0 aliphatic carbocycles. The molecule has 0 unspecified atom stereocenters. The number of carbonyl (C=O) groups is 1. The number of nitrogens with zero attached hydrogens (tertiary/aromatic N) is 2. The van der Waals surface area contributed by atoms with Gasteiger partial charge >= 0.3 is 0 Å². The molecule has 0 spiro atoms. The Morgan fingerprint density at radius 2 is 2.12 bits per heavy atom. The van der Waals surface area contributed by atoms with Gasteiger partial charge in [0.05, 0.1) is 18.5 Å². The van der Waals surface area contributed by atoms with Gasteiger partial charge in [0.2, 0.25) is 0 Å². The van der Waals surface area contributed by atoms with E-state index < -0.39 is 0 Å². The highest BCUT2D eigenvalue weighted by atomic mass is 32.1. The van der Waals surface area contributed by atoms with Crippen LogP contribution in [0.3, 0.4) is 0 Å². The molecule has 3 N–H and O–H groups in total. The molecule has 1 heterocycles. The van der Waals surface area contributed by atoms with Gasteiger partial charge < -0.3 is 10.5 Å². The highest BCUT2D eigenvalue weighted by Crippen LogP contribution is 2.27. The summed E-state index contributed by atoms with van der Waals surface area (Å²) in [5.41, 5.74) is 9.76. The van der Waals surface area contributed by atoms with Crippen molar-refractivity contribution in [3.63, 3.8) is 0 Å². The molecule has 6 nitrogen and oxygen atoms in total. The van der Waals surface area contributed by atoms with Gasteiger partial charge in [-0.3, -0.25) is 4.79 Å². The summed E-state index contributed by atoms with van der Waals surface area (Å²) in [5, 5.41) is 6.59. The van der Waals surface area contributed by atoms with Crippen LogP contribution >= 0.6 is 11.3 Å². The zero-order chi connectivity index (χ0) is 18.5. The number of hydrogen-bond donors (Lipinski definition) is 2. The van der Waals surface area contributed by atoms with Gasteiger partial charge in [0.1, 0.15) is 10.6 Å². The quantitative estimate of drug-likeness (QED) is 0.514. The first-order chi connectivity index (χ1) is 12.6. The normalized spacial score (nSPS) is 11.2. The number of aromatic nitrogens is 1. The number of rotatable bonds is 6. The van der Waals surface area contributed by atoms with Crippen LogP contribution in [0.25, 0.3) is 10.8 Å². The van der Waals surface area contributed by atoms with Crippen LogP contribution in [0.5, 0.6) is 5.75 Å². The number of hydrogen-bond acceptors (Lipinski definition) is 6. The van der Waals surface area contributed by atoms with Gasteiger partial charge in [-0.25, -0.2) is 10.4 Å². The number of fused-ring (bicyclic) bond motifs is 1. The Hall–Kier alpha value is -2.93. The van der Waals surface area contributed by atoms with Crippen LogP contribution in [-0.4, -0.2) is 23.7 Å². The summed E-state index contributed by atoms with van der Waals surface area (Å²) in [5.74, 6) is 0.408. The Balaban J connectivity index is 1.88. The Bertz CT molecular complexity index is 965. The molecule has 0 aliphatic rings. The molecule has 2 aromatic carbocycles. The number of anilines is 1. The molecule has 1 aromatic heterocycles. The lowest BCUT2D eigenvalue weighted by Crippen LogP contribution is -2.18. The number of nitrogen functional groups attached to an aromatic ring is 1. The molecule has 3 rings (SSSR count). The van der Waals surface area contributed by atoms with E-state index in [0.29, 0.717) is 28.7 Å². The molecular weight excluding hydrogens is 348 g/mol. The first kappa shape index (κ1) is 17.9. The maximum atomic E-state index is 12.4. The van der Waals surface area contributed by atoms with Crippen molar-refractivity contribution in [2.24, 2.45) is 5.10 Å². The number of benzene rings is 2. The summed E-state index contributed by atoms with van der Waals surface area (Å²) >= 11 is 1.16. The van der Waals surface area contributed by atoms with Crippen molar-refractivity contribution in [3.8, 4) is 5.75 Å². The second kappa shape index (κ2) is 7.97. The number of amides is 1. The molecular formula is C19H20N4O2S. The molecule has 0 bridgehead atoms. The summed E-state index contributed by atoms with van der Waals surface area (Å²) in [6, 6.07) is 11.9. The Morgan fingerprint density at radius 3 is 2.88 bits per heavy atom. The Labute approximate surface area is 155 Å². The van der Waals surface area contributed by atoms with Crippen molar-refractivity contribution in [1.29, 1.82) is 0 Å². The minimum atomic E-state index is -0.314. The van der Waals surface area contributed by atoms with E-state index in [4.69, 9.17) is 10.5 Å². The van der Waals surface area contributed by atoms with Crippen molar-refractivity contribution in [1.82, 2.24) is 10.4 Å². The number of carbonyl (C=O) groups excluding carboxylic acids is 1.